The molecule has 0 bridgehead atoms. The van der Waals surface area contributed by atoms with Crippen LogP contribution in [-0.2, 0) is 14.3 Å². The first-order valence-corrected chi connectivity index (χ1v) is 4.82. The van der Waals surface area contributed by atoms with Crippen molar-refractivity contribution in [1.29, 1.82) is 0 Å². The van der Waals surface area contributed by atoms with Crippen LogP contribution in [0.25, 0.3) is 0 Å². The first-order chi connectivity index (χ1) is 6.39. The highest BCUT2D eigenvalue weighted by atomic mass is 35.5. The van der Waals surface area contributed by atoms with E-state index in [0.717, 1.165) is 0 Å². The normalized spacial score (nSPS) is 14.0. The molecule has 1 unspecified atom stereocenters. The van der Waals surface area contributed by atoms with E-state index in [9.17, 15) is 4.79 Å². The number of rotatable bonds is 7. The number of hydrogen-bond donors (Lipinski definition) is 1. The number of carbonyl (C=O) groups is 1. The van der Waals surface area contributed by atoms with Gasteiger partial charge in [0.25, 0.3) is 0 Å². The number of alkyl halides is 1. The monoisotopic (exact) mass is 224 g/mol. The van der Waals surface area contributed by atoms with Crippen molar-refractivity contribution < 1.29 is 19.4 Å². The molecule has 0 amide bonds. The van der Waals surface area contributed by atoms with Crippen molar-refractivity contribution >= 4 is 17.6 Å². The first kappa shape index (κ1) is 13.7. The Labute approximate surface area is 89.1 Å². The van der Waals surface area contributed by atoms with Crippen LogP contribution in [0.3, 0.4) is 0 Å². The van der Waals surface area contributed by atoms with Gasteiger partial charge in [-0.15, -0.1) is 11.6 Å². The summed E-state index contributed by atoms with van der Waals surface area (Å²) in [7, 11) is 1.63. The van der Waals surface area contributed by atoms with Gasteiger partial charge in [0, 0.05) is 13.7 Å². The molecule has 0 saturated carbocycles. The number of ether oxygens (including phenoxy) is 2. The van der Waals surface area contributed by atoms with E-state index in [-0.39, 0.29) is 12.2 Å². The van der Waals surface area contributed by atoms with Crippen LogP contribution in [0.4, 0.5) is 0 Å². The molecule has 0 saturated heterocycles. The predicted molar refractivity (Wildman–Crippen MR) is 53.8 cm³/mol. The highest BCUT2D eigenvalue weighted by molar-refractivity contribution is 6.29. The Bertz CT molecular complexity index is 182. The second-order valence-electron chi connectivity index (χ2n) is 3.59. The Morgan fingerprint density at radius 2 is 2.14 bits per heavy atom. The zero-order chi connectivity index (χ0) is 11.2. The maximum atomic E-state index is 10.3. The molecule has 0 aliphatic rings. The summed E-state index contributed by atoms with van der Waals surface area (Å²) in [5, 5.41) is 7.48. The molecule has 0 aromatic carbocycles. The third-order valence-corrected chi connectivity index (χ3v) is 2.25. The molecule has 0 spiro atoms. The number of halogens is 1. The first-order valence-electron chi connectivity index (χ1n) is 4.39. The van der Waals surface area contributed by atoms with Crippen LogP contribution in [0.5, 0.6) is 0 Å². The molecule has 0 aliphatic carbocycles. The molecule has 4 nitrogen and oxygen atoms in total. The molecule has 0 fully saturated rings. The summed E-state index contributed by atoms with van der Waals surface area (Å²) in [4.78, 5) is 10.3. The van der Waals surface area contributed by atoms with Gasteiger partial charge in [0.2, 0.25) is 0 Å². The molecule has 84 valence electrons. The molecule has 0 aromatic rings. The summed E-state index contributed by atoms with van der Waals surface area (Å²) in [6.45, 7) is 4.34. The van der Waals surface area contributed by atoms with Gasteiger partial charge in [-0.25, -0.2) is 0 Å². The molecule has 0 rings (SSSR count). The van der Waals surface area contributed by atoms with E-state index in [1.165, 1.54) is 0 Å². The molecule has 0 radical (unpaired) electrons. The smallest absolute Gasteiger partial charge is 0.324 e. The highest BCUT2D eigenvalue weighted by Crippen LogP contribution is 2.12. The van der Waals surface area contributed by atoms with Crippen LogP contribution in [0.15, 0.2) is 0 Å². The van der Waals surface area contributed by atoms with Crippen LogP contribution >= 0.6 is 11.6 Å². The third-order valence-electron chi connectivity index (χ3n) is 1.93. The van der Waals surface area contributed by atoms with Crippen LogP contribution in [0.1, 0.15) is 20.3 Å². The van der Waals surface area contributed by atoms with Crippen molar-refractivity contribution in [2.45, 2.75) is 31.2 Å². The SMILES string of the molecule is COC(C)(C)CCOCC(Cl)C(=O)O. The zero-order valence-electron chi connectivity index (χ0n) is 8.75. The lowest BCUT2D eigenvalue weighted by molar-refractivity contribution is -0.137. The van der Waals surface area contributed by atoms with Gasteiger partial charge >= 0.3 is 5.97 Å². The molecule has 5 heteroatoms. The average molecular weight is 225 g/mol. The van der Waals surface area contributed by atoms with Crippen molar-refractivity contribution in [3.05, 3.63) is 0 Å². The minimum Gasteiger partial charge on any atom is -0.480 e. The summed E-state index contributed by atoms with van der Waals surface area (Å²) in [6, 6.07) is 0. The van der Waals surface area contributed by atoms with Gasteiger partial charge in [-0.3, -0.25) is 4.79 Å². The van der Waals surface area contributed by atoms with Gasteiger partial charge in [0.05, 0.1) is 12.2 Å². The minimum absolute atomic E-state index is 0.0245. The second-order valence-corrected chi connectivity index (χ2v) is 4.12. The molecular weight excluding hydrogens is 208 g/mol. The molecule has 14 heavy (non-hydrogen) atoms. The average Bonchev–Trinajstić information content (AvgIpc) is 2.12. The summed E-state index contributed by atoms with van der Waals surface area (Å²) in [5.74, 6) is -1.06. The van der Waals surface area contributed by atoms with Gasteiger partial charge in [0.15, 0.2) is 5.38 Å². The van der Waals surface area contributed by atoms with Crippen molar-refractivity contribution in [2.75, 3.05) is 20.3 Å². The lowest BCUT2D eigenvalue weighted by Gasteiger charge is -2.22. The standard InChI is InChI=1S/C9H17ClO4/c1-9(2,13-3)4-5-14-6-7(10)8(11)12/h7H,4-6H2,1-3H3,(H,11,12). The number of methoxy groups -OCH3 is 1. The molecular formula is C9H17ClO4. The van der Waals surface area contributed by atoms with Crippen molar-refractivity contribution in [1.82, 2.24) is 0 Å². The van der Waals surface area contributed by atoms with Gasteiger partial charge in [-0.05, 0) is 20.3 Å². The van der Waals surface area contributed by atoms with E-state index < -0.39 is 11.3 Å². The number of carboxylic acids is 1. The Morgan fingerprint density at radius 3 is 2.57 bits per heavy atom. The Kier molecular flexibility index (Phi) is 6.08. The molecule has 1 atom stereocenters. The number of hydrogen-bond acceptors (Lipinski definition) is 3. The fourth-order valence-electron chi connectivity index (χ4n) is 0.678. The minimum atomic E-state index is -1.06. The van der Waals surface area contributed by atoms with Gasteiger partial charge in [0.1, 0.15) is 0 Å². The quantitative estimate of drug-likeness (QED) is 0.526. The summed E-state index contributed by atoms with van der Waals surface area (Å²) in [5.41, 5.74) is -0.245. The second kappa shape index (κ2) is 6.22. The summed E-state index contributed by atoms with van der Waals surface area (Å²) in [6.07, 6.45) is 0.701. The largest absolute Gasteiger partial charge is 0.480 e. The van der Waals surface area contributed by atoms with Gasteiger partial charge in [-0.2, -0.15) is 0 Å². The lowest BCUT2D eigenvalue weighted by atomic mass is 10.1. The topological polar surface area (TPSA) is 55.8 Å². The van der Waals surface area contributed by atoms with Gasteiger partial charge in [-0.1, -0.05) is 0 Å². The maximum Gasteiger partial charge on any atom is 0.324 e. The Balaban J connectivity index is 3.52. The Hall–Kier alpha value is -0.320. The molecule has 0 aromatic heterocycles. The number of aliphatic carboxylic acids is 1. The Morgan fingerprint density at radius 1 is 1.57 bits per heavy atom. The van der Waals surface area contributed by atoms with E-state index >= 15 is 0 Å². The lowest BCUT2D eigenvalue weighted by Crippen LogP contribution is -2.26. The van der Waals surface area contributed by atoms with Crippen molar-refractivity contribution in [3.8, 4) is 0 Å². The molecule has 1 N–H and O–H groups in total. The van der Waals surface area contributed by atoms with E-state index in [1.54, 1.807) is 7.11 Å². The van der Waals surface area contributed by atoms with Crippen LogP contribution in [0, 0.1) is 0 Å². The summed E-state index contributed by atoms with van der Waals surface area (Å²) >= 11 is 5.44. The predicted octanol–water partition coefficient (Wildman–Crippen LogP) is 1.51. The van der Waals surface area contributed by atoms with Crippen molar-refractivity contribution in [3.63, 3.8) is 0 Å². The molecule has 0 aliphatic heterocycles. The maximum absolute atomic E-state index is 10.3. The van der Waals surface area contributed by atoms with Crippen molar-refractivity contribution in [2.24, 2.45) is 0 Å². The van der Waals surface area contributed by atoms with E-state index in [1.807, 2.05) is 13.8 Å². The fraction of sp³-hybridized carbons (Fsp3) is 0.889. The van der Waals surface area contributed by atoms with E-state index in [4.69, 9.17) is 26.2 Å². The van der Waals surface area contributed by atoms with Gasteiger partial charge < -0.3 is 14.6 Å². The van der Waals surface area contributed by atoms with E-state index in [2.05, 4.69) is 0 Å². The van der Waals surface area contributed by atoms with E-state index in [0.29, 0.717) is 13.0 Å². The molecule has 0 heterocycles. The zero-order valence-corrected chi connectivity index (χ0v) is 9.50. The third kappa shape index (κ3) is 6.18. The summed E-state index contributed by atoms with van der Waals surface area (Å²) < 4.78 is 10.3. The fourth-order valence-corrected chi connectivity index (χ4v) is 0.767. The van der Waals surface area contributed by atoms with Crippen LogP contribution in [0.2, 0.25) is 0 Å². The number of carboxylic acid groups (broad SMARTS) is 1. The van der Waals surface area contributed by atoms with Crippen LogP contribution < -0.4 is 0 Å². The van der Waals surface area contributed by atoms with Crippen LogP contribution in [-0.4, -0.2) is 42.4 Å². The highest BCUT2D eigenvalue weighted by Gasteiger charge is 2.17.